The summed E-state index contributed by atoms with van der Waals surface area (Å²) in [5, 5.41) is 16.1. The van der Waals surface area contributed by atoms with Crippen LogP contribution in [0.1, 0.15) is 6.42 Å². The third kappa shape index (κ3) is 5.43. The van der Waals surface area contributed by atoms with E-state index in [1.54, 1.807) is 0 Å². The molecule has 0 spiro atoms. The van der Waals surface area contributed by atoms with E-state index in [-0.39, 0.29) is 6.42 Å². The van der Waals surface area contributed by atoms with Crippen LogP contribution in [0.2, 0.25) is 0 Å². The van der Waals surface area contributed by atoms with Gasteiger partial charge in [0.05, 0.1) is 12.5 Å². The van der Waals surface area contributed by atoms with Gasteiger partial charge in [-0.25, -0.2) is 0 Å². The first kappa shape index (κ1) is 6.43. The molecule has 0 rings (SSSR count). The van der Waals surface area contributed by atoms with Crippen LogP contribution in [0, 0.1) is 6.92 Å². The fourth-order valence-corrected chi connectivity index (χ4v) is 0.202. The number of aliphatic hydroxyl groups excluding tert-OH is 1. The smallest absolute Gasteiger partial charge is 0.305 e. The molecule has 3 heteroatoms. The van der Waals surface area contributed by atoms with E-state index in [1.807, 2.05) is 0 Å². The van der Waals surface area contributed by atoms with Crippen molar-refractivity contribution in [2.24, 2.45) is 0 Å². The molecule has 0 heterocycles. The lowest BCUT2D eigenvalue weighted by molar-refractivity contribution is -0.138. The predicted molar refractivity (Wildman–Crippen MR) is 23.6 cm³/mol. The van der Waals surface area contributed by atoms with E-state index in [1.165, 1.54) is 0 Å². The highest BCUT2D eigenvalue weighted by molar-refractivity contribution is 5.67. The van der Waals surface area contributed by atoms with Gasteiger partial charge in [-0.15, -0.1) is 0 Å². The summed E-state index contributed by atoms with van der Waals surface area (Å²) in [6, 6.07) is 0. The summed E-state index contributed by atoms with van der Waals surface area (Å²) in [6.07, 6.45) is -1.25. The molecule has 0 saturated heterocycles. The molecule has 0 aliphatic carbocycles. The van der Waals surface area contributed by atoms with Gasteiger partial charge in [-0.05, 0) is 6.92 Å². The van der Waals surface area contributed by atoms with Crippen LogP contribution in [0.15, 0.2) is 0 Å². The predicted octanol–water partition coefficient (Wildman–Crippen LogP) is -0.344. The molecule has 3 nitrogen and oxygen atoms in total. The van der Waals surface area contributed by atoms with Crippen molar-refractivity contribution in [2.45, 2.75) is 12.5 Å². The minimum Gasteiger partial charge on any atom is -0.481 e. The zero-order valence-electron chi connectivity index (χ0n) is 3.79. The first-order valence-electron chi connectivity index (χ1n) is 1.86. The molecule has 2 N–H and O–H groups in total. The minimum absolute atomic E-state index is 0.278. The number of hydrogen-bond donors (Lipinski definition) is 2. The van der Waals surface area contributed by atoms with Gasteiger partial charge >= 0.3 is 5.97 Å². The zero-order valence-corrected chi connectivity index (χ0v) is 3.79. The fourth-order valence-electron chi connectivity index (χ4n) is 0.202. The molecule has 0 aliphatic heterocycles. The van der Waals surface area contributed by atoms with Crippen molar-refractivity contribution in [2.75, 3.05) is 0 Å². The normalized spacial score (nSPS) is 13.4. The van der Waals surface area contributed by atoms with Crippen molar-refractivity contribution in [1.29, 1.82) is 0 Å². The van der Waals surface area contributed by atoms with Gasteiger partial charge in [0.15, 0.2) is 0 Å². The lowest BCUT2D eigenvalue weighted by atomic mass is 10.3. The zero-order chi connectivity index (χ0) is 5.86. The van der Waals surface area contributed by atoms with Crippen molar-refractivity contribution in [3.05, 3.63) is 6.92 Å². The lowest BCUT2D eigenvalue weighted by Gasteiger charge is -1.93. The topological polar surface area (TPSA) is 57.5 Å². The van der Waals surface area contributed by atoms with Crippen molar-refractivity contribution < 1.29 is 15.0 Å². The SMILES string of the molecule is [CH2]C(O)CC(=O)O. The number of rotatable bonds is 2. The van der Waals surface area contributed by atoms with E-state index in [0.717, 1.165) is 0 Å². The lowest BCUT2D eigenvalue weighted by Crippen LogP contribution is -2.07. The van der Waals surface area contributed by atoms with Gasteiger partial charge in [0.2, 0.25) is 0 Å². The van der Waals surface area contributed by atoms with Crippen LogP contribution in [0.25, 0.3) is 0 Å². The van der Waals surface area contributed by atoms with Crippen molar-refractivity contribution in [3.8, 4) is 0 Å². The van der Waals surface area contributed by atoms with Crippen molar-refractivity contribution in [3.63, 3.8) is 0 Å². The molecule has 0 bridgehead atoms. The molecule has 41 valence electrons. The number of hydrogen-bond acceptors (Lipinski definition) is 2. The molecule has 0 saturated carbocycles. The van der Waals surface area contributed by atoms with Crippen LogP contribution in [0.4, 0.5) is 0 Å². The Morgan fingerprint density at radius 3 is 2.29 bits per heavy atom. The Labute approximate surface area is 41.6 Å². The van der Waals surface area contributed by atoms with Crippen molar-refractivity contribution >= 4 is 5.97 Å². The summed E-state index contributed by atoms with van der Waals surface area (Å²) >= 11 is 0. The minimum atomic E-state index is -1.03. The summed E-state index contributed by atoms with van der Waals surface area (Å²) in [6.45, 7) is 3.05. The van der Waals surface area contributed by atoms with E-state index < -0.39 is 12.1 Å². The number of aliphatic hydroxyl groups is 1. The molecule has 0 aromatic carbocycles. The average Bonchev–Trinajstić information content (AvgIpc) is 1.27. The second kappa shape index (κ2) is 2.58. The Balaban J connectivity index is 3.13. The van der Waals surface area contributed by atoms with Crippen LogP contribution in [0.5, 0.6) is 0 Å². The third-order valence-corrected chi connectivity index (χ3v) is 0.410. The molecule has 0 aromatic rings. The highest BCUT2D eigenvalue weighted by Gasteiger charge is 2.00. The van der Waals surface area contributed by atoms with Crippen LogP contribution in [0.3, 0.4) is 0 Å². The molecular formula is C4H7O3. The maximum atomic E-state index is 9.61. The number of aliphatic carboxylic acids is 1. The standard InChI is InChI=1S/C4H7O3/c1-3(5)2-4(6)7/h3,5H,1-2H2,(H,6,7). The average molecular weight is 103 g/mol. The molecule has 1 atom stereocenters. The van der Waals surface area contributed by atoms with Crippen molar-refractivity contribution in [1.82, 2.24) is 0 Å². The number of carboxylic acid groups (broad SMARTS) is 1. The monoisotopic (exact) mass is 103 g/mol. The van der Waals surface area contributed by atoms with Crippen LogP contribution >= 0.6 is 0 Å². The second-order valence-corrected chi connectivity index (χ2v) is 1.25. The van der Waals surface area contributed by atoms with Gasteiger partial charge in [0.1, 0.15) is 0 Å². The Hall–Kier alpha value is -0.570. The molecule has 7 heavy (non-hydrogen) atoms. The molecule has 1 unspecified atom stereocenters. The van der Waals surface area contributed by atoms with Gasteiger partial charge in [-0.2, -0.15) is 0 Å². The quantitative estimate of drug-likeness (QED) is 0.502. The van der Waals surface area contributed by atoms with Crippen LogP contribution in [-0.4, -0.2) is 22.3 Å². The van der Waals surface area contributed by atoms with Gasteiger partial charge in [-0.1, -0.05) is 0 Å². The van der Waals surface area contributed by atoms with Gasteiger partial charge in [-0.3, -0.25) is 4.79 Å². The number of carboxylic acids is 1. The molecule has 0 fully saturated rings. The largest absolute Gasteiger partial charge is 0.481 e. The maximum Gasteiger partial charge on any atom is 0.305 e. The number of carbonyl (C=O) groups is 1. The first-order valence-corrected chi connectivity index (χ1v) is 1.86. The van der Waals surface area contributed by atoms with E-state index in [2.05, 4.69) is 6.92 Å². The molecule has 1 radical (unpaired) electrons. The molecule has 0 aliphatic rings. The van der Waals surface area contributed by atoms with Gasteiger partial charge in [0.25, 0.3) is 0 Å². The summed E-state index contributed by atoms with van der Waals surface area (Å²) in [5.41, 5.74) is 0. The first-order chi connectivity index (χ1) is 3.13. The highest BCUT2D eigenvalue weighted by atomic mass is 16.4. The van der Waals surface area contributed by atoms with E-state index in [9.17, 15) is 4.79 Å². The highest BCUT2D eigenvalue weighted by Crippen LogP contribution is 1.85. The summed E-state index contributed by atoms with van der Waals surface area (Å²) in [5.74, 6) is -1.03. The summed E-state index contributed by atoms with van der Waals surface area (Å²) in [4.78, 5) is 9.61. The van der Waals surface area contributed by atoms with Gasteiger partial charge < -0.3 is 10.2 Å². The van der Waals surface area contributed by atoms with Crippen LogP contribution in [-0.2, 0) is 4.79 Å². The van der Waals surface area contributed by atoms with E-state index in [4.69, 9.17) is 10.2 Å². The Morgan fingerprint density at radius 1 is 1.86 bits per heavy atom. The van der Waals surface area contributed by atoms with Crippen LogP contribution < -0.4 is 0 Å². The maximum absolute atomic E-state index is 9.61. The molecule has 0 amide bonds. The second-order valence-electron chi connectivity index (χ2n) is 1.25. The van der Waals surface area contributed by atoms with Gasteiger partial charge in [0, 0.05) is 0 Å². The Kier molecular flexibility index (Phi) is 2.37. The molecule has 0 aromatic heterocycles. The summed E-state index contributed by atoms with van der Waals surface area (Å²) < 4.78 is 0. The van der Waals surface area contributed by atoms with E-state index in [0.29, 0.717) is 0 Å². The molecular weight excluding hydrogens is 96.0 g/mol. The van der Waals surface area contributed by atoms with E-state index >= 15 is 0 Å². The summed E-state index contributed by atoms with van der Waals surface area (Å²) in [7, 11) is 0. The Bertz CT molecular complexity index is 67.3. The fraction of sp³-hybridized carbons (Fsp3) is 0.500. The Morgan fingerprint density at radius 2 is 2.29 bits per heavy atom. The third-order valence-electron chi connectivity index (χ3n) is 0.410.